The Morgan fingerprint density at radius 2 is 1.97 bits per heavy atom. The van der Waals surface area contributed by atoms with E-state index in [1.807, 2.05) is 0 Å². The number of benzene rings is 2. The van der Waals surface area contributed by atoms with Crippen LogP contribution in [0.2, 0.25) is 0 Å². The molecular formula is C21H17F2N3O4S. The van der Waals surface area contributed by atoms with Gasteiger partial charge in [-0.05, 0) is 36.4 Å². The Kier molecular flexibility index (Phi) is 5.34. The van der Waals surface area contributed by atoms with E-state index in [0.29, 0.717) is 16.8 Å². The quantitative estimate of drug-likeness (QED) is 0.420. The number of nitrogens with one attached hydrogen (secondary N) is 2. The number of ether oxygens (including phenoxy) is 1. The van der Waals surface area contributed by atoms with Crippen molar-refractivity contribution < 1.29 is 27.0 Å². The molecule has 0 spiro atoms. The van der Waals surface area contributed by atoms with Crippen LogP contribution >= 0.6 is 0 Å². The van der Waals surface area contributed by atoms with Crippen LogP contribution in [0.15, 0.2) is 65.8 Å². The van der Waals surface area contributed by atoms with E-state index in [2.05, 4.69) is 14.7 Å². The largest absolute Gasteiger partial charge is 0.497 e. The molecule has 0 fully saturated rings. The molecule has 2 aromatic carbocycles. The third kappa shape index (κ3) is 3.82. The van der Waals surface area contributed by atoms with Crippen LogP contribution in [0.4, 0.5) is 14.5 Å². The van der Waals surface area contributed by atoms with Gasteiger partial charge in [0.05, 0.1) is 23.3 Å². The second kappa shape index (κ2) is 7.97. The molecule has 1 atom stereocenters. The van der Waals surface area contributed by atoms with Gasteiger partial charge in [-0.25, -0.2) is 22.2 Å². The van der Waals surface area contributed by atoms with Crippen LogP contribution in [0.25, 0.3) is 11.0 Å². The fourth-order valence-corrected chi connectivity index (χ4v) is 4.32. The van der Waals surface area contributed by atoms with E-state index < -0.39 is 39.0 Å². The van der Waals surface area contributed by atoms with Crippen molar-refractivity contribution in [2.45, 2.75) is 11.0 Å². The molecule has 0 saturated heterocycles. The zero-order valence-electron chi connectivity index (χ0n) is 16.1. The molecule has 0 bridgehead atoms. The number of hydrogen-bond donors (Lipinski definition) is 3. The SMILES string of the molecule is COc1cccc(S(=O)(=O)Nc2ccc(F)c(C(O)c3c[nH]c4ncccc34)c2F)c1. The second-order valence-electron chi connectivity index (χ2n) is 6.65. The van der Waals surface area contributed by atoms with E-state index in [0.717, 1.165) is 12.1 Å². The zero-order chi connectivity index (χ0) is 22.2. The molecule has 0 amide bonds. The number of nitrogens with zero attached hydrogens (tertiary/aromatic N) is 1. The molecule has 4 aromatic rings. The van der Waals surface area contributed by atoms with Crippen molar-refractivity contribution in [2.24, 2.45) is 0 Å². The predicted octanol–water partition coefficient (Wildman–Crippen LogP) is 3.73. The first-order chi connectivity index (χ1) is 14.8. The Hall–Kier alpha value is -3.50. The molecule has 10 heteroatoms. The minimum atomic E-state index is -4.20. The first kappa shape index (κ1) is 20.8. The van der Waals surface area contributed by atoms with Gasteiger partial charge in [-0.1, -0.05) is 6.07 Å². The maximum atomic E-state index is 15.2. The third-order valence-corrected chi connectivity index (χ3v) is 6.14. The number of sulfonamides is 1. The van der Waals surface area contributed by atoms with Gasteiger partial charge < -0.3 is 14.8 Å². The van der Waals surface area contributed by atoms with E-state index in [1.165, 1.54) is 37.7 Å². The summed E-state index contributed by atoms with van der Waals surface area (Å²) in [4.78, 5) is 6.74. The molecular weight excluding hydrogens is 428 g/mol. The number of anilines is 1. The van der Waals surface area contributed by atoms with Gasteiger partial charge in [0, 0.05) is 29.4 Å². The summed E-state index contributed by atoms with van der Waals surface area (Å²) in [7, 11) is -2.82. The van der Waals surface area contributed by atoms with Crippen LogP contribution in [0, 0.1) is 11.6 Å². The Balaban J connectivity index is 1.74. The lowest BCUT2D eigenvalue weighted by molar-refractivity contribution is 0.211. The molecule has 0 aliphatic heterocycles. The van der Waals surface area contributed by atoms with Gasteiger partial charge in [0.2, 0.25) is 0 Å². The van der Waals surface area contributed by atoms with Crippen LogP contribution in [0.3, 0.4) is 0 Å². The molecule has 2 aromatic heterocycles. The van der Waals surface area contributed by atoms with Gasteiger partial charge in [-0.15, -0.1) is 0 Å². The van der Waals surface area contributed by atoms with Crippen LogP contribution < -0.4 is 9.46 Å². The lowest BCUT2D eigenvalue weighted by atomic mass is 10.00. The Labute approximate surface area is 176 Å². The summed E-state index contributed by atoms with van der Waals surface area (Å²) >= 11 is 0. The molecule has 160 valence electrons. The number of methoxy groups -OCH3 is 1. The van der Waals surface area contributed by atoms with Gasteiger partial charge in [-0.3, -0.25) is 4.72 Å². The second-order valence-corrected chi connectivity index (χ2v) is 8.34. The van der Waals surface area contributed by atoms with Gasteiger partial charge >= 0.3 is 0 Å². The minimum absolute atomic E-state index is 0.166. The van der Waals surface area contributed by atoms with Crippen molar-refractivity contribution in [3.8, 4) is 5.75 Å². The van der Waals surface area contributed by atoms with Gasteiger partial charge in [0.1, 0.15) is 23.3 Å². The summed E-state index contributed by atoms with van der Waals surface area (Å²) in [6.45, 7) is 0. The average molecular weight is 445 g/mol. The number of aromatic nitrogens is 2. The highest BCUT2D eigenvalue weighted by atomic mass is 32.2. The topological polar surface area (TPSA) is 104 Å². The molecule has 3 N–H and O–H groups in total. The summed E-state index contributed by atoms with van der Waals surface area (Å²) < 4.78 is 62.2. The average Bonchev–Trinajstić information content (AvgIpc) is 3.20. The lowest BCUT2D eigenvalue weighted by Crippen LogP contribution is -2.16. The Morgan fingerprint density at radius 1 is 1.16 bits per heavy atom. The summed E-state index contributed by atoms with van der Waals surface area (Å²) in [5.74, 6) is -1.95. The summed E-state index contributed by atoms with van der Waals surface area (Å²) in [6.07, 6.45) is 1.23. The predicted molar refractivity (Wildman–Crippen MR) is 110 cm³/mol. The number of rotatable bonds is 6. The molecule has 7 nitrogen and oxygen atoms in total. The fourth-order valence-electron chi connectivity index (χ4n) is 3.23. The van der Waals surface area contributed by atoms with E-state index in [9.17, 15) is 17.9 Å². The van der Waals surface area contributed by atoms with E-state index in [-0.39, 0.29) is 10.5 Å². The molecule has 0 aliphatic carbocycles. The van der Waals surface area contributed by atoms with Crippen molar-refractivity contribution in [1.29, 1.82) is 0 Å². The minimum Gasteiger partial charge on any atom is -0.497 e. The van der Waals surface area contributed by atoms with Crippen molar-refractivity contribution in [2.75, 3.05) is 11.8 Å². The first-order valence-electron chi connectivity index (χ1n) is 9.06. The van der Waals surface area contributed by atoms with E-state index >= 15 is 4.39 Å². The summed E-state index contributed by atoms with van der Waals surface area (Å²) in [5.41, 5.74) is -0.548. The summed E-state index contributed by atoms with van der Waals surface area (Å²) in [5, 5.41) is 11.2. The number of H-pyrrole nitrogens is 1. The summed E-state index contributed by atoms with van der Waals surface area (Å²) in [6, 6.07) is 10.7. The van der Waals surface area contributed by atoms with E-state index in [4.69, 9.17) is 4.74 Å². The van der Waals surface area contributed by atoms with Gasteiger partial charge in [-0.2, -0.15) is 0 Å². The van der Waals surface area contributed by atoms with Crippen molar-refractivity contribution >= 4 is 26.7 Å². The fraction of sp³-hybridized carbons (Fsp3) is 0.0952. The van der Waals surface area contributed by atoms with Gasteiger partial charge in [0.15, 0.2) is 5.82 Å². The molecule has 4 rings (SSSR count). The molecule has 2 heterocycles. The Bertz CT molecular complexity index is 1370. The lowest BCUT2D eigenvalue weighted by Gasteiger charge is -2.16. The number of aliphatic hydroxyl groups excluding tert-OH is 1. The highest BCUT2D eigenvalue weighted by molar-refractivity contribution is 7.92. The maximum absolute atomic E-state index is 15.2. The molecule has 0 radical (unpaired) electrons. The highest BCUT2D eigenvalue weighted by Crippen LogP contribution is 2.34. The smallest absolute Gasteiger partial charge is 0.262 e. The molecule has 1 unspecified atom stereocenters. The van der Waals surface area contributed by atoms with Crippen molar-refractivity contribution in [3.63, 3.8) is 0 Å². The maximum Gasteiger partial charge on any atom is 0.262 e. The normalized spacial score (nSPS) is 12.6. The monoisotopic (exact) mass is 445 g/mol. The van der Waals surface area contributed by atoms with Crippen molar-refractivity contribution in [3.05, 3.63) is 83.7 Å². The molecule has 0 aliphatic rings. The number of aromatic amines is 1. The van der Waals surface area contributed by atoms with Crippen LogP contribution in [-0.4, -0.2) is 30.6 Å². The first-order valence-corrected chi connectivity index (χ1v) is 10.5. The standard InChI is InChI=1S/C21H17F2N3O4S/c1-30-12-4-2-5-13(10-12)31(28,29)26-17-8-7-16(22)18(19(17)23)20(27)15-11-25-21-14(15)6-3-9-24-21/h2-11,20,26-27H,1H3,(H,24,25). The van der Waals surface area contributed by atoms with Crippen LogP contribution in [0.1, 0.15) is 17.2 Å². The zero-order valence-corrected chi connectivity index (χ0v) is 17.0. The number of halogens is 2. The van der Waals surface area contributed by atoms with Gasteiger partial charge in [0.25, 0.3) is 10.0 Å². The highest BCUT2D eigenvalue weighted by Gasteiger charge is 2.26. The third-order valence-electron chi connectivity index (χ3n) is 4.77. The number of aliphatic hydroxyl groups is 1. The van der Waals surface area contributed by atoms with Crippen molar-refractivity contribution in [1.82, 2.24) is 9.97 Å². The van der Waals surface area contributed by atoms with E-state index in [1.54, 1.807) is 18.2 Å². The molecule has 31 heavy (non-hydrogen) atoms. The Morgan fingerprint density at radius 3 is 2.74 bits per heavy atom. The number of fused-ring (bicyclic) bond motifs is 1. The van der Waals surface area contributed by atoms with Crippen LogP contribution in [0.5, 0.6) is 5.75 Å². The molecule has 0 saturated carbocycles. The van der Waals surface area contributed by atoms with Crippen LogP contribution in [-0.2, 0) is 10.0 Å². The number of pyridine rings is 1. The number of hydrogen-bond acceptors (Lipinski definition) is 5.